The highest BCUT2D eigenvalue weighted by Gasteiger charge is 2.09. The number of furan rings is 1. The van der Waals surface area contributed by atoms with Crippen molar-refractivity contribution in [2.24, 2.45) is 0 Å². The predicted molar refractivity (Wildman–Crippen MR) is 73.7 cm³/mol. The largest absolute Gasteiger partial charge is 0.467 e. The normalized spacial score (nSPS) is 12.9. The van der Waals surface area contributed by atoms with Gasteiger partial charge in [-0.15, -0.1) is 0 Å². The van der Waals surface area contributed by atoms with Gasteiger partial charge in [0.2, 0.25) is 0 Å². The first-order valence-corrected chi connectivity index (χ1v) is 6.32. The van der Waals surface area contributed by atoms with Crippen LogP contribution in [-0.2, 0) is 6.54 Å². The van der Waals surface area contributed by atoms with Gasteiger partial charge in [0.1, 0.15) is 11.9 Å². The fourth-order valence-corrected chi connectivity index (χ4v) is 2.23. The highest BCUT2D eigenvalue weighted by atomic mass is 16.4. The minimum absolute atomic E-state index is 0.467. The van der Waals surface area contributed by atoms with E-state index in [4.69, 9.17) is 4.42 Å². The molecule has 3 rings (SSSR count). The minimum Gasteiger partial charge on any atom is -0.467 e. The summed E-state index contributed by atoms with van der Waals surface area (Å²) in [7, 11) is 0. The molecule has 0 radical (unpaired) electrons. The number of aromatic nitrogens is 1. The van der Waals surface area contributed by atoms with Crippen LogP contribution in [0, 0.1) is 0 Å². The molecule has 0 saturated carbocycles. The van der Waals surface area contributed by atoms with E-state index < -0.39 is 6.10 Å². The van der Waals surface area contributed by atoms with E-state index in [1.807, 2.05) is 12.3 Å². The van der Waals surface area contributed by atoms with Crippen LogP contribution in [0.5, 0.6) is 0 Å². The third-order valence-electron chi connectivity index (χ3n) is 3.21. The van der Waals surface area contributed by atoms with Crippen LogP contribution in [0.4, 0.5) is 0 Å². The van der Waals surface area contributed by atoms with Crippen molar-refractivity contribution in [2.45, 2.75) is 12.6 Å². The molecule has 1 aromatic carbocycles. The Morgan fingerprint density at radius 3 is 3.00 bits per heavy atom. The van der Waals surface area contributed by atoms with Gasteiger partial charge in [-0.25, -0.2) is 0 Å². The number of aliphatic hydroxyl groups excluding tert-OH is 1. The number of benzene rings is 1. The number of hydrogen-bond donors (Lipinski definition) is 3. The molecule has 3 aromatic rings. The summed E-state index contributed by atoms with van der Waals surface area (Å²) >= 11 is 0. The maximum Gasteiger partial charge on any atom is 0.133 e. The molecule has 0 bridgehead atoms. The highest BCUT2D eigenvalue weighted by Crippen LogP contribution is 2.17. The summed E-state index contributed by atoms with van der Waals surface area (Å²) in [6.45, 7) is 1.18. The highest BCUT2D eigenvalue weighted by molar-refractivity contribution is 5.82. The number of H-pyrrole nitrogens is 1. The van der Waals surface area contributed by atoms with Gasteiger partial charge in [-0.1, -0.05) is 12.1 Å². The lowest BCUT2D eigenvalue weighted by Crippen LogP contribution is -2.20. The van der Waals surface area contributed by atoms with Crippen molar-refractivity contribution in [3.05, 3.63) is 60.2 Å². The number of hydrogen-bond acceptors (Lipinski definition) is 3. The number of aliphatic hydroxyl groups is 1. The molecule has 4 heteroatoms. The van der Waals surface area contributed by atoms with Crippen molar-refractivity contribution < 1.29 is 9.52 Å². The van der Waals surface area contributed by atoms with Crippen LogP contribution in [-0.4, -0.2) is 16.6 Å². The van der Waals surface area contributed by atoms with Gasteiger partial charge >= 0.3 is 0 Å². The lowest BCUT2D eigenvalue weighted by Gasteiger charge is -2.10. The van der Waals surface area contributed by atoms with Crippen molar-refractivity contribution >= 4 is 10.9 Å². The third-order valence-corrected chi connectivity index (χ3v) is 3.21. The number of rotatable bonds is 5. The van der Waals surface area contributed by atoms with Gasteiger partial charge in [-0.05, 0) is 29.8 Å². The quantitative estimate of drug-likeness (QED) is 0.657. The second-order valence-electron chi connectivity index (χ2n) is 4.52. The van der Waals surface area contributed by atoms with Crippen molar-refractivity contribution in [2.75, 3.05) is 6.54 Å². The Morgan fingerprint density at radius 1 is 1.21 bits per heavy atom. The SMILES string of the molecule is O[C@@H](CNCc1cccc2[nH]ccc12)c1ccco1. The summed E-state index contributed by atoms with van der Waals surface area (Å²) in [6.07, 6.45) is 2.89. The molecule has 0 aliphatic rings. The molecule has 0 amide bonds. The van der Waals surface area contributed by atoms with Crippen LogP contribution in [0.25, 0.3) is 10.9 Å². The maximum absolute atomic E-state index is 9.90. The molecule has 19 heavy (non-hydrogen) atoms. The van der Waals surface area contributed by atoms with Gasteiger partial charge in [-0.2, -0.15) is 0 Å². The van der Waals surface area contributed by atoms with E-state index in [2.05, 4.69) is 28.5 Å². The first kappa shape index (κ1) is 12.0. The molecule has 0 fully saturated rings. The van der Waals surface area contributed by atoms with Crippen LogP contribution in [0.15, 0.2) is 53.3 Å². The summed E-state index contributed by atoms with van der Waals surface area (Å²) in [5, 5.41) is 14.4. The Balaban J connectivity index is 1.62. The summed E-state index contributed by atoms with van der Waals surface area (Å²) in [5.41, 5.74) is 2.34. The lowest BCUT2D eigenvalue weighted by atomic mass is 10.1. The topological polar surface area (TPSA) is 61.2 Å². The molecule has 0 unspecified atom stereocenters. The van der Waals surface area contributed by atoms with Crippen LogP contribution >= 0.6 is 0 Å². The standard InChI is InChI=1S/C15H16N2O2/c18-14(15-5-2-8-19-15)10-16-9-11-3-1-4-13-12(11)6-7-17-13/h1-8,14,16-18H,9-10H2/t14-/m0/s1. The molecule has 2 aromatic heterocycles. The Hall–Kier alpha value is -2.04. The van der Waals surface area contributed by atoms with E-state index in [1.54, 1.807) is 18.4 Å². The molecule has 0 aliphatic heterocycles. The maximum atomic E-state index is 9.90. The van der Waals surface area contributed by atoms with Crippen molar-refractivity contribution in [3.8, 4) is 0 Å². The van der Waals surface area contributed by atoms with Gasteiger partial charge in [0.25, 0.3) is 0 Å². The second-order valence-corrected chi connectivity index (χ2v) is 4.52. The zero-order valence-electron chi connectivity index (χ0n) is 10.5. The molecule has 1 atom stereocenters. The van der Waals surface area contributed by atoms with Gasteiger partial charge in [0, 0.05) is 30.2 Å². The predicted octanol–water partition coefficient (Wildman–Crippen LogP) is 2.58. The summed E-state index contributed by atoms with van der Waals surface area (Å²) in [5.74, 6) is 0.590. The zero-order chi connectivity index (χ0) is 13.1. The molecule has 0 spiro atoms. The average molecular weight is 256 g/mol. The van der Waals surface area contributed by atoms with Crippen molar-refractivity contribution in [1.29, 1.82) is 0 Å². The van der Waals surface area contributed by atoms with Gasteiger partial charge in [-0.3, -0.25) is 0 Å². The smallest absolute Gasteiger partial charge is 0.133 e. The molecule has 98 valence electrons. The summed E-state index contributed by atoms with van der Waals surface area (Å²) in [4.78, 5) is 3.19. The molecular formula is C15H16N2O2. The fraction of sp³-hybridized carbons (Fsp3) is 0.200. The Labute approximate surface area is 111 Å². The van der Waals surface area contributed by atoms with E-state index in [0.717, 1.165) is 5.52 Å². The van der Waals surface area contributed by atoms with E-state index in [9.17, 15) is 5.11 Å². The van der Waals surface area contributed by atoms with Gasteiger partial charge in [0.15, 0.2) is 0 Å². The van der Waals surface area contributed by atoms with Gasteiger partial charge < -0.3 is 19.8 Å². The number of aromatic amines is 1. The summed E-state index contributed by atoms with van der Waals surface area (Å²) < 4.78 is 5.16. The van der Waals surface area contributed by atoms with Crippen molar-refractivity contribution in [1.82, 2.24) is 10.3 Å². The van der Waals surface area contributed by atoms with E-state index >= 15 is 0 Å². The van der Waals surface area contributed by atoms with Crippen LogP contribution in [0.3, 0.4) is 0 Å². The Kier molecular flexibility index (Phi) is 3.35. The number of nitrogens with one attached hydrogen (secondary N) is 2. The average Bonchev–Trinajstić information content (AvgIpc) is 3.10. The van der Waals surface area contributed by atoms with E-state index in [0.29, 0.717) is 18.8 Å². The third kappa shape index (κ3) is 2.54. The fourth-order valence-electron chi connectivity index (χ4n) is 2.23. The molecule has 0 saturated heterocycles. The Bertz CT molecular complexity index is 643. The molecule has 4 nitrogen and oxygen atoms in total. The first-order chi connectivity index (χ1) is 9.34. The van der Waals surface area contributed by atoms with E-state index in [1.165, 1.54) is 10.9 Å². The molecule has 2 heterocycles. The van der Waals surface area contributed by atoms with Crippen molar-refractivity contribution in [3.63, 3.8) is 0 Å². The zero-order valence-corrected chi connectivity index (χ0v) is 10.5. The molecular weight excluding hydrogens is 240 g/mol. The van der Waals surface area contributed by atoms with Crippen LogP contribution < -0.4 is 5.32 Å². The summed E-state index contributed by atoms with van der Waals surface area (Å²) in [6, 6.07) is 11.8. The van der Waals surface area contributed by atoms with Crippen LogP contribution in [0.2, 0.25) is 0 Å². The Morgan fingerprint density at radius 2 is 2.16 bits per heavy atom. The second kappa shape index (κ2) is 5.30. The molecule has 0 aliphatic carbocycles. The monoisotopic (exact) mass is 256 g/mol. The molecule has 3 N–H and O–H groups in total. The van der Waals surface area contributed by atoms with Gasteiger partial charge in [0.05, 0.1) is 6.26 Å². The lowest BCUT2D eigenvalue weighted by molar-refractivity contribution is 0.147. The van der Waals surface area contributed by atoms with E-state index in [-0.39, 0.29) is 0 Å². The number of fused-ring (bicyclic) bond motifs is 1. The first-order valence-electron chi connectivity index (χ1n) is 6.32. The van der Waals surface area contributed by atoms with Crippen LogP contribution in [0.1, 0.15) is 17.4 Å². The minimum atomic E-state index is -0.611.